The minimum atomic E-state index is -0.553. The van der Waals surface area contributed by atoms with E-state index in [-0.39, 0.29) is 12.4 Å². The fourth-order valence-corrected chi connectivity index (χ4v) is 3.12. The highest BCUT2D eigenvalue weighted by Gasteiger charge is 2.31. The highest BCUT2D eigenvalue weighted by Crippen LogP contribution is 2.31. The van der Waals surface area contributed by atoms with Gasteiger partial charge in [0.2, 0.25) is 0 Å². The molecule has 0 radical (unpaired) electrons. The monoisotopic (exact) mass is 351 g/mol. The molecule has 0 saturated heterocycles. The summed E-state index contributed by atoms with van der Waals surface area (Å²) in [4.78, 5) is 0. The van der Waals surface area contributed by atoms with Crippen LogP contribution in [0.3, 0.4) is 0 Å². The molecule has 0 aromatic heterocycles. The van der Waals surface area contributed by atoms with Crippen LogP contribution in [0.2, 0.25) is 0 Å². The zero-order valence-electron chi connectivity index (χ0n) is 11.9. The van der Waals surface area contributed by atoms with Gasteiger partial charge in [0.15, 0.2) is 0 Å². The fraction of sp³-hybridized carbons (Fsp3) is 0.294. The maximum Gasteiger partial charge on any atom is 0.137 e. The van der Waals surface area contributed by atoms with E-state index in [0.717, 1.165) is 16.7 Å². The Kier molecular flexibility index (Phi) is 5.14. The van der Waals surface area contributed by atoms with E-state index in [1.807, 2.05) is 31.2 Å². The lowest BCUT2D eigenvalue weighted by Gasteiger charge is -2.33. The molecule has 4 heteroatoms. The summed E-state index contributed by atoms with van der Waals surface area (Å²) >= 11 is 3.20. The highest BCUT2D eigenvalue weighted by atomic mass is 79.9. The van der Waals surface area contributed by atoms with E-state index >= 15 is 0 Å². The summed E-state index contributed by atoms with van der Waals surface area (Å²) in [6, 6.07) is 12.8. The Morgan fingerprint density at radius 1 is 1.24 bits per heavy atom. The van der Waals surface area contributed by atoms with Gasteiger partial charge in [0, 0.05) is 12.0 Å². The van der Waals surface area contributed by atoms with Crippen molar-refractivity contribution < 1.29 is 9.50 Å². The van der Waals surface area contributed by atoms with Crippen LogP contribution in [0, 0.1) is 12.7 Å². The number of aryl methyl sites for hydroxylation is 1. The molecule has 0 heterocycles. The van der Waals surface area contributed by atoms with Crippen molar-refractivity contribution in [3.63, 3.8) is 0 Å². The van der Waals surface area contributed by atoms with Crippen molar-refractivity contribution in [1.29, 1.82) is 0 Å². The molecule has 0 bridgehead atoms. The normalized spacial score (nSPS) is 14.0. The zero-order chi connectivity index (χ0) is 15.5. The molecular weight excluding hydrogens is 333 g/mol. The second kappa shape index (κ2) is 6.69. The lowest BCUT2D eigenvalue weighted by Crippen LogP contribution is -2.41. The molecule has 3 N–H and O–H groups in total. The molecule has 0 aliphatic rings. The minimum absolute atomic E-state index is 0.0522. The number of benzene rings is 2. The van der Waals surface area contributed by atoms with E-state index in [4.69, 9.17) is 5.73 Å². The summed E-state index contributed by atoms with van der Waals surface area (Å²) < 4.78 is 13.8. The molecule has 2 rings (SSSR count). The first-order valence-electron chi connectivity index (χ1n) is 6.83. The van der Waals surface area contributed by atoms with Crippen molar-refractivity contribution >= 4 is 15.9 Å². The predicted molar refractivity (Wildman–Crippen MR) is 86.8 cm³/mol. The number of aliphatic hydroxyl groups is 1. The molecule has 0 saturated carbocycles. The van der Waals surface area contributed by atoms with E-state index in [2.05, 4.69) is 15.9 Å². The first-order valence-corrected chi connectivity index (χ1v) is 7.63. The molecule has 21 heavy (non-hydrogen) atoms. The fourth-order valence-electron chi connectivity index (χ4n) is 2.69. The van der Waals surface area contributed by atoms with Gasteiger partial charge in [-0.1, -0.05) is 30.3 Å². The Morgan fingerprint density at radius 2 is 1.95 bits per heavy atom. The van der Waals surface area contributed by atoms with Crippen molar-refractivity contribution in [1.82, 2.24) is 0 Å². The first kappa shape index (κ1) is 16.1. The Morgan fingerprint density at radius 3 is 2.52 bits per heavy atom. The number of halogens is 2. The average Bonchev–Trinajstić information content (AvgIpc) is 2.49. The number of aliphatic hydroxyl groups excluding tert-OH is 1. The summed E-state index contributed by atoms with van der Waals surface area (Å²) in [7, 11) is 0. The van der Waals surface area contributed by atoms with Crippen LogP contribution in [0.4, 0.5) is 4.39 Å². The second-order valence-electron chi connectivity index (χ2n) is 5.38. The van der Waals surface area contributed by atoms with Gasteiger partial charge in [-0.15, -0.1) is 0 Å². The van der Waals surface area contributed by atoms with Gasteiger partial charge in [-0.2, -0.15) is 0 Å². The lowest BCUT2D eigenvalue weighted by atomic mass is 9.74. The smallest absolute Gasteiger partial charge is 0.137 e. The summed E-state index contributed by atoms with van der Waals surface area (Å²) in [5, 5.41) is 9.97. The van der Waals surface area contributed by atoms with Gasteiger partial charge in [0.05, 0.1) is 11.1 Å². The third-order valence-corrected chi connectivity index (χ3v) is 4.54. The van der Waals surface area contributed by atoms with Crippen molar-refractivity contribution in [2.24, 2.45) is 5.73 Å². The van der Waals surface area contributed by atoms with Gasteiger partial charge >= 0.3 is 0 Å². The van der Waals surface area contributed by atoms with Crippen LogP contribution in [-0.4, -0.2) is 18.3 Å². The molecule has 1 atom stereocenters. The molecule has 0 amide bonds. The summed E-state index contributed by atoms with van der Waals surface area (Å²) in [5.74, 6) is -0.294. The molecule has 112 valence electrons. The maximum atomic E-state index is 13.4. The van der Waals surface area contributed by atoms with Crippen LogP contribution >= 0.6 is 15.9 Å². The Balaban J connectivity index is 2.43. The molecule has 0 aliphatic carbocycles. The Bertz CT molecular complexity index is 626. The van der Waals surface area contributed by atoms with Crippen molar-refractivity contribution in [3.05, 3.63) is 69.4 Å². The van der Waals surface area contributed by atoms with Crippen LogP contribution in [-0.2, 0) is 11.8 Å². The largest absolute Gasteiger partial charge is 0.395 e. The summed E-state index contributed by atoms with van der Waals surface area (Å²) in [6.07, 6.45) is 0.559. The van der Waals surface area contributed by atoms with Gasteiger partial charge in [-0.3, -0.25) is 0 Å². The average molecular weight is 352 g/mol. The van der Waals surface area contributed by atoms with Crippen LogP contribution in [0.1, 0.15) is 16.7 Å². The molecular formula is C17H19BrFNO. The molecule has 2 aromatic rings. The number of rotatable bonds is 5. The van der Waals surface area contributed by atoms with Gasteiger partial charge < -0.3 is 10.8 Å². The van der Waals surface area contributed by atoms with E-state index in [0.29, 0.717) is 17.4 Å². The maximum absolute atomic E-state index is 13.4. The van der Waals surface area contributed by atoms with Crippen molar-refractivity contribution in [3.8, 4) is 0 Å². The quantitative estimate of drug-likeness (QED) is 0.867. The lowest BCUT2D eigenvalue weighted by molar-refractivity contribution is 0.195. The van der Waals surface area contributed by atoms with E-state index in [1.165, 1.54) is 6.07 Å². The van der Waals surface area contributed by atoms with Gasteiger partial charge in [0.25, 0.3) is 0 Å². The summed E-state index contributed by atoms with van der Waals surface area (Å²) in [5.41, 5.74) is 8.51. The van der Waals surface area contributed by atoms with Gasteiger partial charge in [0.1, 0.15) is 5.82 Å². The number of hydrogen-bond acceptors (Lipinski definition) is 2. The van der Waals surface area contributed by atoms with Crippen LogP contribution in [0.5, 0.6) is 0 Å². The van der Waals surface area contributed by atoms with Crippen LogP contribution in [0.15, 0.2) is 46.9 Å². The third-order valence-electron chi connectivity index (χ3n) is 3.94. The minimum Gasteiger partial charge on any atom is -0.395 e. The van der Waals surface area contributed by atoms with Crippen LogP contribution in [0.25, 0.3) is 0 Å². The van der Waals surface area contributed by atoms with E-state index in [1.54, 1.807) is 12.1 Å². The Labute approximate surface area is 132 Å². The van der Waals surface area contributed by atoms with Crippen molar-refractivity contribution in [2.75, 3.05) is 13.2 Å². The van der Waals surface area contributed by atoms with Gasteiger partial charge in [-0.05, 0) is 58.1 Å². The predicted octanol–water partition coefficient (Wildman–Crippen LogP) is 3.33. The van der Waals surface area contributed by atoms with Crippen LogP contribution < -0.4 is 5.73 Å². The SMILES string of the molecule is Cc1ccccc1C(CN)(CO)Cc1ccc(F)c(Br)c1. The summed E-state index contributed by atoms with van der Waals surface area (Å²) in [6.45, 7) is 2.28. The Hall–Kier alpha value is -1.23. The topological polar surface area (TPSA) is 46.2 Å². The second-order valence-corrected chi connectivity index (χ2v) is 6.24. The van der Waals surface area contributed by atoms with E-state index < -0.39 is 5.41 Å². The number of hydrogen-bond donors (Lipinski definition) is 2. The molecule has 0 fully saturated rings. The van der Waals surface area contributed by atoms with Gasteiger partial charge in [-0.25, -0.2) is 4.39 Å². The molecule has 1 unspecified atom stereocenters. The molecule has 0 spiro atoms. The highest BCUT2D eigenvalue weighted by molar-refractivity contribution is 9.10. The molecule has 0 aliphatic heterocycles. The zero-order valence-corrected chi connectivity index (χ0v) is 13.5. The third kappa shape index (κ3) is 3.34. The first-order chi connectivity index (χ1) is 10.0. The van der Waals surface area contributed by atoms with Crippen molar-refractivity contribution in [2.45, 2.75) is 18.8 Å². The molecule has 2 nitrogen and oxygen atoms in total. The standard InChI is InChI=1S/C17H19BrFNO/c1-12-4-2-3-5-14(12)17(10-20,11-21)9-13-6-7-16(19)15(18)8-13/h2-8,21H,9-11,20H2,1H3. The van der Waals surface area contributed by atoms with E-state index in [9.17, 15) is 9.50 Å². The molecule has 2 aromatic carbocycles. The number of nitrogens with two attached hydrogens (primary N) is 1.